The Balaban J connectivity index is 3.44. The molecule has 1 atom stereocenters. The minimum atomic E-state index is -0.744. The zero-order chi connectivity index (χ0) is 15.8. The molecule has 0 aromatic rings. The minimum Gasteiger partial charge on any atom is -0.481 e. The molecular formula is C19H30O2. The van der Waals surface area contributed by atoms with Crippen LogP contribution in [0.2, 0.25) is 0 Å². The standard InChI is InChI=1S/C19H30O2/c1-3-4-5-12-15-18(2)16-13-10-8-6-7-9-11-14-17-19(20)21/h3,6,8,18H,1,4-5,10-17H2,2H3,(H,20,21). The highest BCUT2D eigenvalue weighted by Gasteiger charge is 2.00. The molecule has 2 nitrogen and oxygen atoms in total. The Bertz CT molecular complexity index is 357. The van der Waals surface area contributed by atoms with E-state index in [-0.39, 0.29) is 6.42 Å². The molecule has 0 aliphatic heterocycles. The van der Waals surface area contributed by atoms with E-state index >= 15 is 0 Å². The maximum atomic E-state index is 10.3. The van der Waals surface area contributed by atoms with Gasteiger partial charge < -0.3 is 5.11 Å². The van der Waals surface area contributed by atoms with E-state index in [2.05, 4.69) is 31.4 Å². The van der Waals surface area contributed by atoms with Crippen LogP contribution in [0, 0.1) is 17.8 Å². The maximum Gasteiger partial charge on any atom is 0.303 e. The first-order valence-electron chi connectivity index (χ1n) is 8.13. The lowest BCUT2D eigenvalue weighted by atomic mass is 9.97. The van der Waals surface area contributed by atoms with Crippen molar-refractivity contribution in [3.05, 3.63) is 24.8 Å². The first kappa shape index (κ1) is 19.5. The summed E-state index contributed by atoms with van der Waals surface area (Å²) < 4.78 is 0. The molecule has 0 rings (SSSR count). The second kappa shape index (κ2) is 14.9. The van der Waals surface area contributed by atoms with Crippen molar-refractivity contribution in [2.24, 2.45) is 5.92 Å². The second-order valence-corrected chi connectivity index (χ2v) is 5.58. The van der Waals surface area contributed by atoms with Gasteiger partial charge in [0.25, 0.3) is 0 Å². The van der Waals surface area contributed by atoms with E-state index in [4.69, 9.17) is 5.11 Å². The molecule has 0 saturated carbocycles. The van der Waals surface area contributed by atoms with Gasteiger partial charge in [-0.15, -0.1) is 6.58 Å². The zero-order valence-corrected chi connectivity index (χ0v) is 13.4. The average molecular weight is 290 g/mol. The molecule has 0 heterocycles. The molecule has 0 aliphatic rings. The number of unbranched alkanes of at least 4 members (excludes halogenated alkanes) is 4. The van der Waals surface area contributed by atoms with Crippen LogP contribution < -0.4 is 0 Å². The van der Waals surface area contributed by atoms with E-state index in [0.29, 0.717) is 12.8 Å². The molecule has 0 amide bonds. The topological polar surface area (TPSA) is 37.3 Å². The second-order valence-electron chi connectivity index (χ2n) is 5.58. The summed E-state index contributed by atoms with van der Waals surface area (Å²) >= 11 is 0. The largest absolute Gasteiger partial charge is 0.481 e. The van der Waals surface area contributed by atoms with Crippen molar-refractivity contribution >= 4 is 5.97 Å². The van der Waals surface area contributed by atoms with Crippen LogP contribution in [0.1, 0.15) is 71.1 Å². The highest BCUT2D eigenvalue weighted by Crippen LogP contribution is 2.16. The molecule has 2 heteroatoms. The van der Waals surface area contributed by atoms with Crippen molar-refractivity contribution in [1.29, 1.82) is 0 Å². The molecule has 0 saturated heterocycles. The summed E-state index contributed by atoms with van der Waals surface area (Å²) in [6, 6.07) is 0. The zero-order valence-electron chi connectivity index (χ0n) is 13.4. The lowest BCUT2D eigenvalue weighted by Crippen LogP contribution is -1.94. The van der Waals surface area contributed by atoms with E-state index in [1.165, 1.54) is 32.1 Å². The van der Waals surface area contributed by atoms with Gasteiger partial charge >= 0.3 is 5.97 Å². The summed E-state index contributed by atoms with van der Waals surface area (Å²) in [5, 5.41) is 8.47. The highest BCUT2D eigenvalue weighted by atomic mass is 16.4. The van der Waals surface area contributed by atoms with Crippen LogP contribution in [-0.4, -0.2) is 11.1 Å². The van der Waals surface area contributed by atoms with E-state index < -0.39 is 5.97 Å². The van der Waals surface area contributed by atoms with Crippen molar-refractivity contribution < 1.29 is 9.90 Å². The van der Waals surface area contributed by atoms with Gasteiger partial charge in [0.1, 0.15) is 0 Å². The molecule has 0 radical (unpaired) electrons. The van der Waals surface area contributed by atoms with Gasteiger partial charge in [-0.25, -0.2) is 0 Å². The number of carbonyl (C=O) groups is 1. The fraction of sp³-hybridized carbons (Fsp3) is 0.632. The number of rotatable bonds is 12. The van der Waals surface area contributed by atoms with Crippen LogP contribution in [0.3, 0.4) is 0 Å². The van der Waals surface area contributed by atoms with Crippen molar-refractivity contribution in [2.75, 3.05) is 0 Å². The molecule has 0 spiro atoms. The van der Waals surface area contributed by atoms with Crippen LogP contribution in [0.5, 0.6) is 0 Å². The number of aliphatic carboxylic acids is 1. The molecule has 0 aromatic heterocycles. The first-order chi connectivity index (χ1) is 10.2. The van der Waals surface area contributed by atoms with Gasteiger partial charge in [-0.05, 0) is 44.1 Å². The molecule has 118 valence electrons. The van der Waals surface area contributed by atoms with E-state index in [1.54, 1.807) is 0 Å². The molecule has 0 aromatic carbocycles. The first-order valence-corrected chi connectivity index (χ1v) is 8.13. The molecule has 1 N–H and O–H groups in total. The summed E-state index contributed by atoms with van der Waals surface area (Å²) in [7, 11) is 0. The normalized spacial score (nSPS) is 11.9. The Kier molecular flexibility index (Phi) is 13.9. The average Bonchev–Trinajstić information content (AvgIpc) is 2.45. The van der Waals surface area contributed by atoms with Crippen LogP contribution in [0.4, 0.5) is 0 Å². The number of hydrogen-bond donors (Lipinski definition) is 1. The lowest BCUT2D eigenvalue weighted by molar-refractivity contribution is -0.137. The summed E-state index contributed by atoms with van der Waals surface area (Å²) in [6.07, 6.45) is 16.2. The molecule has 0 fully saturated rings. The fourth-order valence-corrected chi connectivity index (χ4v) is 2.11. The summed E-state index contributed by atoms with van der Waals surface area (Å²) in [5.41, 5.74) is 0. The molecule has 0 bridgehead atoms. The van der Waals surface area contributed by atoms with Crippen LogP contribution in [0.25, 0.3) is 0 Å². The Hall–Kier alpha value is -1.49. The fourth-order valence-electron chi connectivity index (χ4n) is 2.11. The molecule has 1 unspecified atom stereocenters. The third-order valence-electron chi connectivity index (χ3n) is 3.42. The minimum absolute atomic E-state index is 0.211. The Morgan fingerprint density at radius 2 is 1.95 bits per heavy atom. The van der Waals surface area contributed by atoms with Gasteiger partial charge in [0.15, 0.2) is 0 Å². The molecule has 21 heavy (non-hydrogen) atoms. The summed E-state index contributed by atoms with van der Waals surface area (Å²) in [5.74, 6) is 6.00. The predicted octanol–water partition coefficient (Wildman–Crippen LogP) is 5.35. The number of carboxylic acids is 1. The van der Waals surface area contributed by atoms with Gasteiger partial charge in [0, 0.05) is 12.8 Å². The maximum absolute atomic E-state index is 10.3. The summed E-state index contributed by atoms with van der Waals surface area (Å²) in [6.45, 7) is 6.08. The van der Waals surface area contributed by atoms with Crippen molar-refractivity contribution in [3.8, 4) is 11.8 Å². The SMILES string of the molecule is C=CCCCCC(C)CCCC=CC#CCCCC(=O)O. The van der Waals surface area contributed by atoms with Gasteiger partial charge in [-0.1, -0.05) is 50.2 Å². The van der Waals surface area contributed by atoms with Crippen LogP contribution in [-0.2, 0) is 4.79 Å². The van der Waals surface area contributed by atoms with Crippen molar-refractivity contribution in [1.82, 2.24) is 0 Å². The van der Waals surface area contributed by atoms with E-state index in [1.807, 2.05) is 12.2 Å². The van der Waals surface area contributed by atoms with Gasteiger partial charge in [0.05, 0.1) is 0 Å². The Morgan fingerprint density at radius 3 is 2.67 bits per heavy atom. The van der Waals surface area contributed by atoms with Crippen molar-refractivity contribution in [2.45, 2.75) is 71.1 Å². The smallest absolute Gasteiger partial charge is 0.303 e. The lowest BCUT2D eigenvalue weighted by Gasteiger charge is -2.09. The van der Waals surface area contributed by atoms with E-state index in [0.717, 1.165) is 18.8 Å². The number of hydrogen-bond acceptors (Lipinski definition) is 1. The van der Waals surface area contributed by atoms with Crippen molar-refractivity contribution in [3.63, 3.8) is 0 Å². The molecular weight excluding hydrogens is 260 g/mol. The van der Waals surface area contributed by atoms with Crippen LogP contribution in [0.15, 0.2) is 24.8 Å². The van der Waals surface area contributed by atoms with Gasteiger partial charge in [-0.2, -0.15) is 0 Å². The number of carboxylic acid groups (broad SMARTS) is 1. The van der Waals surface area contributed by atoms with Crippen LogP contribution >= 0.6 is 0 Å². The summed E-state index contributed by atoms with van der Waals surface area (Å²) in [4.78, 5) is 10.3. The number of allylic oxidation sites excluding steroid dienone is 3. The quantitative estimate of drug-likeness (QED) is 0.299. The third kappa shape index (κ3) is 16.5. The van der Waals surface area contributed by atoms with E-state index in [9.17, 15) is 4.79 Å². The van der Waals surface area contributed by atoms with Gasteiger partial charge in [-0.3, -0.25) is 4.79 Å². The Labute approximate surface area is 130 Å². The monoisotopic (exact) mass is 290 g/mol. The predicted molar refractivity (Wildman–Crippen MR) is 90.1 cm³/mol. The van der Waals surface area contributed by atoms with Gasteiger partial charge in [0.2, 0.25) is 0 Å². The highest BCUT2D eigenvalue weighted by molar-refractivity contribution is 5.66. The molecule has 0 aliphatic carbocycles. The third-order valence-corrected chi connectivity index (χ3v) is 3.42. The Morgan fingerprint density at radius 1 is 1.19 bits per heavy atom.